The fourth-order valence-electron chi connectivity index (χ4n) is 1.37. The molecule has 0 atom stereocenters. The molecular formula is C10H8F4N2O3. The SMILES string of the molecule is Nc1cc2c(cc1NC(=O)C(F)(F)C(F)F)OCO2. The van der Waals surface area contributed by atoms with Gasteiger partial charge in [0.05, 0.1) is 11.4 Å². The lowest BCUT2D eigenvalue weighted by Crippen LogP contribution is -2.41. The Balaban J connectivity index is 2.23. The maximum atomic E-state index is 12.8. The number of fused-ring (bicyclic) bond motifs is 1. The highest BCUT2D eigenvalue weighted by atomic mass is 19.3. The molecule has 0 spiro atoms. The first-order chi connectivity index (χ1) is 8.82. The summed E-state index contributed by atoms with van der Waals surface area (Å²) in [5, 5.41) is 1.63. The van der Waals surface area contributed by atoms with Crippen LogP contribution in [0.5, 0.6) is 11.5 Å². The average molecular weight is 280 g/mol. The molecule has 1 amide bonds. The Hall–Kier alpha value is -2.19. The monoisotopic (exact) mass is 280 g/mol. The number of hydrogen-bond donors (Lipinski definition) is 2. The van der Waals surface area contributed by atoms with Gasteiger partial charge in [-0.15, -0.1) is 0 Å². The molecule has 0 fully saturated rings. The van der Waals surface area contributed by atoms with Crippen LogP contribution in [0.1, 0.15) is 0 Å². The first-order valence-electron chi connectivity index (χ1n) is 4.99. The van der Waals surface area contributed by atoms with E-state index in [1.807, 2.05) is 0 Å². The van der Waals surface area contributed by atoms with Crippen molar-refractivity contribution >= 4 is 17.3 Å². The van der Waals surface area contributed by atoms with E-state index in [4.69, 9.17) is 15.2 Å². The lowest BCUT2D eigenvalue weighted by molar-refractivity contribution is -0.163. The number of nitrogens with one attached hydrogen (secondary N) is 1. The fraction of sp³-hybridized carbons (Fsp3) is 0.300. The van der Waals surface area contributed by atoms with E-state index < -0.39 is 18.3 Å². The zero-order valence-corrected chi connectivity index (χ0v) is 9.25. The van der Waals surface area contributed by atoms with Crippen LogP contribution in [-0.2, 0) is 4.79 Å². The molecule has 2 rings (SSSR count). The van der Waals surface area contributed by atoms with Crippen molar-refractivity contribution in [1.82, 2.24) is 0 Å². The average Bonchev–Trinajstić information content (AvgIpc) is 2.76. The van der Waals surface area contributed by atoms with E-state index in [0.717, 1.165) is 6.07 Å². The summed E-state index contributed by atoms with van der Waals surface area (Å²) < 4.78 is 59.4. The second-order valence-corrected chi connectivity index (χ2v) is 3.67. The van der Waals surface area contributed by atoms with Gasteiger partial charge in [-0.1, -0.05) is 0 Å². The molecule has 5 nitrogen and oxygen atoms in total. The molecule has 1 aliphatic rings. The number of anilines is 2. The predicted molar refractivity (Wildman–Crippen MR) is 56.6 cm³/mol. The second-order valence-electron chi connectivity index (χ2n) is 3.67. The normalized spacial score (nSPS) is 13.7. The van der Waals surface area contributed by atoms with Crippen LogP contribution in [0.4, 0.5) is 28.9 Å². The zero-order valence-electron chi connectivity index (χ0n) is 9.25. The Bertz CT molecular complexity index is 522. The number of amides is 1. The Labute approximate surface area is 104 Å². The summed E-state index contributed by atoms with van der Waals surface area (Å²) in [5.74, 6) is -6.50. The smallest absolute Gasteiger partial charge is 0.383 e. The third-order valence-electron chi connectivity index (χ3n) is 2.37. The van der Waals surface area contributed by atoms with Crippen LogP contribution in [0, 0.1) is 0 Å². The van der Waals surface area contributed by atoms with Crippen LogP contribution >= 0.6 is 0 Å². The summed E-state index contributed by atoms with van der Waals surface area (Å²) in [7, 11) is 0. The van der Waals surface area contributed by atoms with Crippen molar-refractivity contribution in [2.75, 3.05) is 17.8 Å². The lowest BCUT2D eigenvalue weighted by Gasteiger charge is -2.16. The van der Waals surface area contributed by atoms with Crippen LogP contribution in [0.2, 0.25) is 0 Å². The quantitative estimate of drug-likeness (QED) is 0.654. The van der Waals surface area contributed by atoms with Crippen molar-refractivity contribution in [3.8, 4) is 11.5 Å². The van der Waals surface area contributed by atoms with Gasteiger partial charge in [0.25, 0.3) is 0 Å². The van der Waals surface area contributed by atoms with Gasteiger partial charge in [-0.05, 0) is 0 Å². The number of halogens is 4. The van der Waals surface area contributed by atoms with Gasteiger partial charge in [-0.3, -0.25) is 4.79 Å². The highest BCUT2D eigenvalue weighted by Gasteiger charge is 2.49. The zero-order chi connectivity index (χ0) is 14.2. The molecule has 0 radical (unpaired) electrons. The van der Waals surface area contributed by atoms with Gasteiger partial charge in [0.15, 0.2) is 11.5 Å². The minimum absolute atomic E-state index is 0.0840. The third-order valence-corrected chi connectivity index (χ3v) is 2.37. The number of ether oxygens (including phenoxy) is 2. The number of benzene rings is 1. The summed E-state index contributed by atoms with van der Waals surface area (Å²) in [4.78, 5) is 11.1. The standard InChI is InChI=1S/C10H8F4N2O3/c11-8(12)10(13,14)9(17)16-5-2-7-6(1-4(5)15)18-3-19-7/h1-2,8H,3,15H2,(H,16,17). The third kappa shape index (κ3) is 2.35. The number of carbonyl (C=O) groups is 1. The number of rotatable bonds is 3. The summed E-state index contributed by atoms with van der Waals surface area (Å²) in [6, 6.07) is 2.36. The largest absolute Gasteiger partial charge is 0.454 e. The van der Waals surface area contributed by atoms with E-state index >= 15 is 0 Å². The van der Waals surface area contributed by atoms with Gasteiger partial charge >= 0.3 is 18.3 Å². The molecule has 0 aromatic heterocycles. The first-order valence-corrected chi connectivity index (χ1v) is 4.99. The van der Waals surface area contributed by atoms with Crippen LogP contribution in [0.3, 0.4) is 0 Å². The van der Waals surface area contributed by atoms with Gasteiger partial charge in [0.2, 0.25) is 6.79 Å². The van der Waals surface area contributed by atoms with Gasteiger partial charge in [-0.25, -0.2) is 8.78 Å². The molecule has 0 aliphatic carbocycles. The van der Waals surface area contributed by atoms with E-state index in [-0.39, 0.29) is 29.7 Å². The number of nitrogen functional groups attached to an aromatic ring is 1. The first kappa shape index (κ1) is 13.2. The Morgan fingerprint density at radius 3 is 2.47 bits per heavy atom. The minimum atomic E-state index is -4.80. The number of carbonyl (C=O) groups excluding carboxylic acids is 1. The summed E-state index contributed by atoms with van der Waals surface area (Å²) in [6.45, 7) is -0.0840. The highest BCUT2D eigenvalue weighted by Crippen LogP contribution is 2.38. The van der Waals surface area contributed by atoms with Crippen molar-refractivity contribution in [1.29, 1.82) is 0 Å². The predicted octanol–water partition coefficient (Wildman–Crippen LogP) is 1.84. The molecule has 0 bridgehead atoms. The van der Waals surface area contributed by atoms with Crippen molar-refractivity contribution < 1.29 is 31.8 Å². The fourth-order valence-corrected chi connectivity index (χ4v) is 1.37. The Kier molecular flexibility index (Phi) is 3.13. The second kappa shape index (κ2) is 4.48. The number of hydrogen-bond acceptors (Lipinski definition) is 4. The molecular weight excluding hydrogens is 272 g/mol. The molecule has 1 aromatic rings. The molecule has 1 aliphatic heterocycles. The molecule has 3 N–H and O–H groups in total. The van der Waals surface area contributed by atoms with E-state index in [2.05, 4.69) is 0 Å². The van der Waals surface area contributed by atoms with Crippen molar-refractivity contribution in [3.05, 3.63) is 12.1 Å². The summed E-state index contributed by atoms with van der Waals surface area (Å²) in [6.07, 6.45) is -4.11. The van der Waals surface area contributed by atoms with E-state index in [0.29, 0.717) is 0 Å². The lowest BCUT2D eigenvalue weighted by atomic mass is 10.2. The van der Waals surface area contributed by atoms with Crippen molar-refractivity contribution in [2.24, 2.45) is 0 Å². The minimum Gasteiger partial charge on any atom is -0.454 e. The molecule has 0 saturated carbocycles. The van der Waals surface area contributed by atoms with Crippen LogP contribution < -0.4 is 20.5 Å². The molecule has 104 valence electrons. The summed E-state index contributed by atoms with van der Waals surface area (Å²) in [5.41, 5.74) is 5.11. The van der Waals surface area contributed by atoms with Crippen molar-refractivity contribution in [2.45, 2.75) is 12.3 Å². The molecule has 9 heteroatoms. The van der Waals surface area contributed by atoms with Crippen LogP contribution in [-0.4, -0.2) is 25.0 Å². The molecule has 0 saturated heterocycles. The van der Waals surface area contributed by atoms with E-state index in [1.54, 1.807) is 5.32 Å². The van der Waals surface area contributed by atoms with Gasteiger partial charge in [0.1, 0.15) is 0 Å². The molecule has 19 heavy (non-hydrogen) atoms. The summed E-state index contributed by atoms with van der Waals surface area (Å²) >= 11 is 0. The molecule has 1 aromatic carbocycles. The molecule has 0 unspecified atom stereocenters. The maximum absolute atomic E-state index is 12.8. The van der Waals surface area contributed by atoms with Gasteiger partial charge < -0.3 is 20.5 Å². The Morgan fingerprint density at radius 1 is 1.32 bits per heavy atom. The molecule has 1 heterocycles. The number of nitrogens with two attached hydrogens (primary N) is 1. The van der Waals surface area contributed by atoms with E-state index in [9.17, 15) is 22.4 Å². The van der Waals surface area contributed by atoms with Crippen LogP contribution in [0.25, 0.3) is 0 Å². The highest BCUT2D eigenvalue weighted by molar-refractivity contribution is 5.99. The number of alkyl halides is 4. The van der Waals surface area contributed by atoms with E-state index in [1.165, 1.54) is 6.07 Å². The van der Waals surface area contributed by atoms with Gasteiger partial charge in [0, 0.05) is 12.1 Å². The Morgan fingerprint density at radius 2 is 1.89 bits per heavy atom. The topological polar surface area (TPSA) is 73.6 Å². The maximum Gasteiger partial charge on any atom is 0.383 e. The van der Waals surface area contributed by atoms with Crippen molar-refractivity contribution in [3.63, 3.8) is 0 Å². The van der Waals surface area contributed by atoms with Crippen LogP contribution in [0.15, 0.2) is 12.1 Å². The van der Waals surface area contributed by atoms with Gasteiger partial charge in [-0.2, -0.15) is 8.78 Å².